The lowest BCUT2D eigenvalue weighted by Crippen LogP contribution is -2.12. The van der Waals surface area contributed by atoms with E-state index in [0.29, 0.717) is 5.69 Å². The van der Waals surface area contributed by atoms with Gasteiger partial charge < -0.3 is 11.1 Å². The van der Waals surface area contributed by atoms with E-state index in [2.05, 4.69) is 5.32 Å². The number of anilines is 2. The fraction of sp³-hybridized carbons (Fsp3) is 0.133. The topological polar surface area (TPSA) is 98.3 Å². The van der Waals surface area contributed by atoms with Gasteiger partial charge >= 0.3 is 0 Å². The molecule has 0 spiro atoms. The van der Waals surface area contributed by atoms with Gasteiger partial charge in [-0.1, -0.05) is 6.07 Å². The molecule has 0 radical (unpaired) electrons. The molecule has 0 fully saturated rings. The molecule has 6 heteroatoms. The van der Waals surface area contributed by atoms with Gasteiger partial charge in [0.1, 0.15) is 5.69 Å². The van der Waals surface area contributed by atoms with Crippen molar-refractivity contribution in [3.05, 3.63) is 63.2 Å². The molecule has 2 rings (SSSR count). The van der Waals surface area contributed by atoms with E-state index >= 15 is 0 Å². The van der Waals surface area contributed by atoms with Crippen LogP contribution in [0.1, 0.15) is 21.5 Å². The maximum absolute atomic E-state index is 12.1. The van der Waals surface area contributed by atoms with Crippen LogP contribution >= 0.6 is 0 Å². The molecule has 6 nitrogen and oxygen atoms in total. The summed E-state index contributed by atoms with van der Waals surface area (Å²) < 4.78 is 0. The first-order chi connectivity index (χ1) is 9.88. The molecular formula is C15H15N3O3. The van der Waals surface area contributed by atoms with Gasteiger partial charge in [-0.3, -0.25) is 14.9 Å². The Hall–Kier alpha value is -2.89. The number of nitrogens with two attached hydrogens (primary N) is 1. The molecule has 0 unspecified atom stereocenters. The van der Waals surface area contributed by atoms with Crippen LogP contribution in [0, 0.1) is 24.0 Å². The van der Waals surface area contributed by atoms with Gasteiger partial charge in [0.05, 0.1) is 4.92 Å². The molecule has 0 saturated carbocycles. The summed E-state index contributed by atoms with van der Waals surface area (Å²) in [4.78, 5) is 22.3. The number of nitrogens with one attached hydrogen (secondary N) is 1. The number of nitrogens with zero attached hydrogens (tertiary/aromatic N) is 1. The molecule has 2 aromatic carbocycles. The molecular weight excluding hydrogens is 270 g/mol. The molecule has 3 N–H and O–H groups in total. The summed E-state index contributed by atoms with van der Waals surface area (Å²) in [7, 11) is 0. The third-order valence-corrected chi connectivity index (χ3v) is 3.25. The lowest BCUT2D eigenvalue weighted by Gasteiger charge is -2.08. The molecule has 0 heterocycles. The normalized spacial score (nSPS) is 10.2. The third-order valence-electron chi connectivity index (χ3n) is 3.25. The summed E-state index contributed by atoms with van der Waals surface area (Å²) >= 11 is 0. The maximum atomic E-state index is 12.1. The molecule has 2 aromatic rings. The number of carbonyl (C=O) groups excluding carboxylic acids is 1. The van der Waals surface area contributed by atoms with Crippen LogP contribution in [0.3, 0.4) is 0 Å². The molecule has 0 aliphatic rings. The Bertz CT molecular complexity index is 726. The van der Waals surface area contributed by atoms with Crippen LogP contribution in [0.5, 0.6) is 0 Å². The summed E-state index contributed by atoms with van der Waals surface area (Å²) in [6, 6.07) is 9.51. The Morgan fingerprint density at radius 2 is 1.86 bits per heavy atom. The predicted molar refractivity (Wildman–Crippen MR) is 81.4 cm³/mol. The van der Waals surface area contributed by atoms with Crippen molar-refractivity contribution in [1.29, 1.82) is 0 Å². The molecule has 0 bridgehead atoms. The summed E-state index contributed by atoms with van der Waals surface area (Å²) in [5.74, 6) is -0.415. The monoisotopic (exact) mass is 285 g/mol. The summed E-state index contributed by atoms with van der Waals surface area (Å²) in [5, 5.41) is 13.5. The van der Waals surface area contributed by atoms with Crippen molar-refractivity contribution in [2.24, 2.45) is 0 Å². The fourth-order valence-electron chi connectivity index (χ4n) is 1.87. The molecule has 0 aromatic heterocycles. The van der Waals surface area contributed by atoms with Gasteiger partial charge in [0.15, 0.2) is 0 Å². The number of hydrogen-bond acceptors (Lipinski definition) is 4. The highest BCUT2D eigenvalue weighted by molar-refractivity contribution is 6.05. The van der Waals surface area contributed by atoms with Crippen molar-refractivity contribution >= 4 is 23.0 Å². The highest BCUT2D eigenvalue weighted by Gasteiger charge is 2.15. The Kier molecular flexibility index (Phi) is 3.89. The second-order valence-electron chi connectivity index (χ2n) is 4.78. The highest BCUT2D eigenvalue weighted by Crippen LogP contribution is 2.23. The number of nitro benzene ring substituents is 1. The van der Waals surface area contributed by atoms with Crippen LogP contribution in [0.15, 0.2) is 36.4 Å². The van der Waals surface area contributed by atoms with Gasteiger partial charge in [-0.25, -0.2) is 0 Å². The summed E-state index contributed by atoms with van der Waals surface area (Å²) in [6.07, 6.45) is 0. The predicted octanol–water partition coefficient (Wildman–Crippen LogP) is 3.05. The van der Waals surface area contributed by atoms with Gasteiger partial charge in [0.2, 0.25) is 0 Å². The van der Waals surface area contributed by atoms with Crippen LogP contribution in [0.4, 0.5) is 17.1 Å². The minimum absolute atomic E-state index is 0.0303. The van der Waals surface area contributed by atoms with E-state index in [9.17, 15) is 14.9 Å². The second-order valence-corrected chi connectivity index (χ2v) is 4.78. The van der Waals surface area contributed by atoms with Crippen molar-refractivity contribution in [1.82, 2.24) is 0 Å². The number of nitrogen functional groups attached to an aromatic ring is 1. The SMILES string of the molecule is Cc1ccc(NC(=O)c2ccc(N)c([N+](=O)[O-])c2)cc1C. The lowest BCUT2D eigenvalue weighted by atomic mass is 10.1. The van der Waals surface area contributed by atoms with Crippen LogP contribution in [-0.2, 0) is 0 Å². The zero-order valence-electron chi connectivity index (χ0n) is 11.7. The number of aryl methyl sites for hydroxylation is 2. The number of rotatable bonds is 3. The van der Waals surface area contributed by atoms with E-state index in [1.165, 1.54) is 18.2 Å². The van der Waals surface area contributed by atoms with Gasteiger partial charge in [-0.05, 0) is 49.2 Å². The highest BCUT2D eigenvalue weighted by atomic mass is 16.6. The number of nitro groups is 1. The maximum Gasteiger partial charge on any atom is 0.292 e. The van der Waals surface area contributed by atoms with E-state index in [1.807, 2.05) is 26.0 Å². The lowest BCUT2D eigenvalue weighted by molar-refractivity contribution is -0.383. The fourth-order valence-corrected chi connectivity index (χ4v) is 1.87. The summed E-state index contributed by atoms with van der Waals surface area (Å²) in [5.41, 5.74) is 8.26. The standard InChI is InChI=1S/C15H15N3O3/c1-9-3-5-12(7-10(9)2)17-15(19)11-4-6-13(16)14(8-11)18(20)21/h3-8H,16H2,1-2H3,(H,17,19). The van der Waals surface area contributed by atoms with Crippen LogP contribution in [0.25, 0.3) is 0 Å². The van der Waals surface area contributed by atoms with E-state index in [1.54, 1.807) is 6.07 Å². The largest absolute Gasteiger partial charge is 0.393 e. The minimum atomic E-state index is -0.609. The van der Waals surface area contributed by atoms with E-state index < -0.39 is 10.8 Å². The van der Waals surface area contributed by atoms with Crippen LogP contribution < -0.4 is 11.1 Å². The van der Waals surface area contributed by atoms with Crippen molar-refractivity contribution in [3.8, 4) is 0 Å². The quantitative estimate of drug-likeness (QED) is 0.514. The number of carbonyl (C=O) groups is 1. The minimum Gasteiger partial charge on any atom is -0.393 e. The van der Waals surface area contributed by atoms with Gasteiger partial charge in [-0.2, -0.15) is 0 Å². The first kappa shape index (κ1) is 14.5. The van der Waals surface area contributed by atoms with Gasteiger partial charge in [0, 0.05) is 17.3 Å². The van der Waals surface area contributed by atoms with E-state index in [0.717, 1.165) is 11.1 Å². The van der Waals surface area contributed by atoms with E-state index in [-0.39, 0.29) is 16.9 Å². The van der Waals surface area contributed by atoms with Crippen molar-refractivity contribution in [2.75, 3.05) is 11.1 Å². The number of hydrogen-bond donors (Lipinski definition) is 2. The Balaban J connectivity index is 2.26. The average Bonchev–Trinajstić information content (AvgIpc) is 2.43. The zero-order chi connectivity index (χ0) is 15.6. The van der Waals surface area contributed by atoms with Crippen molar-refractivity contribution in [3.63, 3.8) is 0 Å². The van der Waals surface area contributed by atoms with Crippen molar-refractivity contribution < 1.29 is 9.72 Å². The Morgan fingerprint density at radius 3 is 2.48 bits per heavy atom. The van der Waals surface area contributed by atoms with Gasteiger partial charge in [-0.15, -0.1) is 0 Å². The Morgan fingerprint density at radius 1 is 1.14 bits per heavy atom. The molecule has 0 aliphatic heterocycles. The summed E-state index contributed by atoms with van der Waals surface area (Å²) in [6.45, 7) is 3.92. The van der Waals surface area contributed by atoms with Crippen LogP contribution in [-0.4, -0.2) is 10.8 Å². The van der Waals surface area contributed by atoms with Crippen molar-refractivity contribution in [2.45, 2.75) is 13.8 Å². The molecule has 0 aliphatic carbocycles. The van der Waals surface area contributed by atoms with E-state index in [4.69, 9.17) is 5.73 Å². The van der Waals surface area contributed by atoms with Gasteiger partial charge in [0.25, 0.3) is 11.6 Å². The smallest absolute Gasteiger partial charge is 0.292 e. The molecule has 108 valence electrons. The molecule has 0 atom stereocenters. The average molecular weight is 285 g/mol. The first-order valence-corrected chi connectivity index (χ1v) is 6.31. The molecule has 0 saturated heterocycles. The number of amides is 1. The zero-order valence-corrected chi connectivity index (χ0v) is 11.7. The molecule has 21 heavy (non-hydrogen) atoms. The first-order valence-electron chi connectivity index (χ1n) is 6.31. The van der Waals surface area contributed by atoms with Crippen LogP contribution in [0.2, 0.25) is 0 Å². The number of benzene rings is 2. The third kappa shape index (κ3) is 3.17. The second kappa shape index (κ2) is 5.62. The Labute approximate surface area is 121 Å². The molecule has 1 amide bonds.